The molecule has 150 valence electrons. The maximum Gasteiger partial charge on any atom is 0.261 e. The van der Waals surface area contributed by atoms with Gasteiger partial charge in [0.2, 0.25) is 0 Å². The zero-order chi connectivity index (χ0) is 20.1. The van der Waals surface area contributed by atoms with Crippen molar-refractivity contribution in [2.24, 2.45) is 0 Å². The van der Waals surface area contributed by atoms with Gasteiger partial charge >= 0.3 is 0 Å². The Morgan fingerprint density at radius 1 is 1.03 bits per heavy atom. The average molecular weight is 390 g/mol. The van der Waals surface area contributed by atoms with Crippen LogP contribution in [0.2, 0.25) is 0 Å². The lowest BCUT2D eigenvalue weighted by Crippen LogP contribution is -2.43. The van der Waals surface area contributed by atoms with E-state index in [1.54, 1.807) is 6.20 Å². The first-order chi connectivity index (χ1) is 14.2. The quantitative estimate of drug-likeness (QED) is 0.649. The highest BCUT2D eigenvalue weighted by Crippen LogP contribution is 2.20. The van der Waals surface area contributed by atoms with Crippen LogP contribution in [-0.2, 0) is 4.74 Å². The van der Waals surface area contributed by atoms with E-state index in [-0.39, 0.29) is 5.91 Å². The summed E-state index contributed by atoms with van der Waals surface area (Å²) in [6, 6.07) is 19.7. The van der Waals surface area contributed by atoms with Crippen LogP contribution >= 0.6 is 0 Å². The summed E-state index contributed by atoms with van der Waals surface area (Å²) in [6.07, 6.45) is 1.68. The van der Waals surface area contributed by atoms with E-state index in [1.807, 2.05) is 77.2 Å². The zero-order valence-corrected chi connectivity index (χ0v) is 16.7. The van der Waals surface area contributed by atoms with Crippen LogP contribution in [0.3, 0.4) is 0 Å². The van der Waals surface area contributed by atoms with Gasteiger partial charge in [-0.05, 0) is 31.2 Å². The summed E-state index contributed by atoms with van der Waals surface area (Å²) >= 11 is 0. The smallest absolute Gasteiger partial charge is 0.261 e. The first-order valence-electron chi connectivity index (χ1n) is 10.0. The molecular formula is C23H26N4O2. The number of anilines is 1. The summed E-state index contributed by atoms with van der Waals surface area (Å²) in [5, 5.41) is 4.48. The molecule has 1 fully saturated rings. The molecule has 0 spiro atoms. The van der Waals surface area contributed by atoms with Gasteiger partial charge in [-0.15, -0.1) is 0 Å². The minimum atomic E-state index is -0.0239. The Balaban J connectivity index is 1.59. The Morgan fingerprint density at radius 3 is 2.38 bits per heavy atom. The zero-order valence-electron chi connectivity index (χ0n) is 16.7. The predicted octanol–water partition coefficient (Wildman–Crippen LogP) is 3.16. The number of benzene rings is 2. The number of nitrogens with zero attached hydrogens (tertiary/aromatic N) is 4. The molecule has 6 nitrogen and oxygen atoms in total. The first kappa shape index (κ1) is 19.4. The van der Waals surface area contributed by atoms with Gasteiger partial charge in [-0.25, -0.2) is 4.68 Å². The van der Waals surface area contributed by atoms with Crippen LogP contribution in [-0.4, -0.2) is 60.0 Å². The number of hydrogen-bond acceptors (Lipinski definition) is 4. The molecule has 6 heteroatoms. The van der Waals surface area contributed by atoms with Crippen LogP contribution in [0.1, 0.15) is 16.1 Å². The highest BCUT2D eigenvalue weighted by molar-refractivity contribution is 6.06. The number of ether oxygens (including phenoxy) is 1. The van der Waals surface area contributed by atoms with Crippen LogP contribution in [0, 0.1) is 6.92 Å². The fraction of sp³-hybridized carbons (Fsp3) is 0.304. The Labute approximate surface area is 171 Å². The molecule has 1 aliphatic heterocycles. The van der Waals surface area contributed by atoms with Crippen molar-refractivity contribution >= 4 is 11.6 Å². The van der Waals surface area contributed by atoms with Crippen molar-refractivity contribution in [1.29, 1.82) is 0 Å². The molecule has 0 saturated carbocycles. The van der Waals surface area contributed by atoms with Crippen LogP contribution < -0.4 is 4.90 Å². The van der Waals surface area contributed by atoms with Gasteiger partial charge in [-0.2, -0.15) is 5.10 Å². The third kappa shape index (κ3) is 4.39. The fourth-order valence-electron chi connectivity index (χ4n) is 3.62. The topological polar surface area (TPSA) is 50.6 Å². The molecule has 0 aliphatic carbocycles. The molecule has 1 aliphatic rings. The third-order valence-corrected chi connectivity index (χ3v) is 5.30. The van der Waals surface area contributed by atoms with E-state index in [2.05, 4.69) is 10.00 Å². The normalized spacial score (nSPS) is 14.7. The first-order valence-corrected chi connectivity index (χ1v) is 10.0. The second-order valence-electron chi connectivity index (χ2n) is 7.14. The van der Waals surface area contributed by atoms with Crippen molar-refractivity contribution in [3.63, 3.8) is 0 Å². The molecule has 0 unspecified atom stereocenters. The lowest BCUT2D eigenvalue weighted by molar-refractivity contribution is 0.0391. The monoisotopic (exact) mass is 390 g/mol. The Hall–Kier alpha value is -2.96. The van der Waals surface area contributed by atoms with Crippen molar-refractivity contribution in [3.8, 4) is 5.69 Å². The maximum atomic E-state index is 13.5. The summed E-state index contributed by atoms with van der Waals surface area (Å²) in [7, 11) is 0. The number of para-hydroxylation sites is 2. The molecule has 2 heterocycles. The van der Waals surface area contributed by atoms with E-state index >= 15 is 0 Å². The van der Waals surface area contributed by atoms with Crippen molar-refractivity contribution in [2.75, 3.05) is 44.3 Å². The summed E-state index contributed by atoms with van der Waals surface area (Å²) in [6.45, 7) is 6.70. The van der Waals surface area contributed by atoms with Gasteiger partial charge in [0.25, 0.3) is 5.91 Å². The van der Waals surface area contributed by atoms with Crippen LogP contribution in [0.5, 0.6) is 0 Å². The number of rotatable bonds is 6. The molecule has 4 rings (SSSR count). The van der Waals surface area contributed by atoms with Crippen molar-refractivity contribution in [2.45, 2.75) is 6.92 Å². The summed E-state index contributed by atoms with van der Waals surface area (Å²) in [5.74, 6) is -0.0239. The molecule has 1 amide bonds. The SMILES string of the molecule is Cc1c(C(=O)N(CCN2CCOCC2)c2ccccc2)cnn1-c1ccccc1. The Bertz CT molecular complexity index is 934. The summed E-state index contributed by atoms with van der Waals surface area (Å²) in [5.41, 5.74) is 3.31. The highest BCUT2D eigenvalue weighted by Gasteiger charge is 2.23. The van der Waals surface area contributed by atoms with Gasteiger partial charge < -0.3 is 9.64 Å². The van der Waals surface area contributed by atoms with E-state index in [9.17, 15) is 4.79 Å². The Kier molecular flexibility index (Phi) is 6.03. The second kappa shape index (κ2) is 9.03. The predicted molar refractivity (Wildman–Crippen MR) is 114 cm³/mol. The van der Waals surface area contributed by atoms with E-state index in [0.29, 0.717) is 12.1 Å². The van der Waals surface area contributed by atoms with Gasteiger partial charge in [0.05, 0.1) is 36.4 Å². The number of amides is 1. The second-order valence-corrected chi connectivity index (χ2v) is 7.14. The third-order valence-electron chi connectivity index (χ3n) is 5.30. The van der Waals surface area contributed by atoms with Crippen molar-refractivity contribution in [3.05, 3.63) is 78.1 Å². The number of morpholine rings is 1. The molecule has 0 atom stereocenters. The van der Waals surface area contributed by atoms with Gasteiger partial charge in [0, 0.05) is 31.9 Å². The van der Waals surface area contributed by atoms with Crippen molar-refractivity contribution < 1.29 is 9.53 Å². The number of aromatic nitrogens is 2. The fourth-order valence-corrected chi connectivity index (χ4v) is 3.62. The van der Waals surface area contributed by atoms with Gasteiger partial charge in [-0.1, -0.05) is 36.4 Å². The molecule has 3 aromatic rings. The van der Waals surface area contributed by atoms with Crippen molar-refractivity contribution in [1.82, 2.24) is 14.7 Å². The van der Waals surface area contributed by atoms with Crippen LogP contribution in [0.25, 0.3) is 5.69 Å². The van der Waals surface area contributed by atoms with Crippen LogP contribution in [0.15, 0.2) is 66.9 Å². The van der Waals surface area contributed by atoms with E-state index < -0.39 is 0 Å². The van der Waals surface area contributed by atoms with E-state index in [1.165, 1.54) is 0 Å². The largest absolute Gasteiger partial charge is 0.379 e. The van der Waals surface area contributed by atoms with Gasteiger partial charge in [-0.3, -0.25) is 9.69 Å². The minimum absolute atomic E-state index is 0.0239. The highest BCUT2D eigenvalue weighted by atomic mass is 16.5. The lowest BCUT2D eigenvalue weighted by Gasteiger charge is -2.30. The molecule has 1 saturated heterocycles. The standard InChI is InChI=1S/C23H26N4O2/c1-19-22(18-24-27(19)21-10-6-3-7-11-21)23(28)26(20-8-4-2-5-9-20)13-12-25-14-16-29-17-15-25/h2-11,18H,12-17H2,1H3. The molecular weight excluding hydrogens is 364 g/mol. The number of hydrogen-bond donors (Lipinski definition) is 0. The van der Waals surface area contributed by atoms with Crippen LogP contribution in [0.4, 0.5) is 5.69 Å². The molecule has 0 bridgehead atoms. The molecule has 0 radical (unpaired) electrons. The molecule has 29 heavy (non-hydrogen) atoms. The number of carbonyl (C=O) groups is 1. The lowest BCUT2D eigenvalue weighted by atomic mass is 10.2. The average Bonchev–Trinajstić information content (AvgIpc) is 3.17. The minimum Gasteiger partial charge on any atom is -0.379 e. The van der Waals surface area contributed by atoms with E-state index in [0.717, 1.165) is 49.9 Å². The van der Waals surface area contributed by atoms with E-state index in [4.69, 9.17) is 4.74 Å². The Morgan fingerprint density at radius 2 is 1.69 bits per heavy atom. The maximum absolute atomic E-state index is 13.5. The summed E-state index contributed by atoms with van der Waals surface area (Å²) < 4.78 is 7.25. The van der Waals surface area contributed by atoms with Gasteiger partial charge in [0.1, 0.15) is 0 Å². The summed E-state index contributed by atoms with van der Waals surface area (Å²) in [4.78, 5) is 17.7. The number of carbonyl (C=O) groups excluding carboxylic acids is 1. The van der Waals surface area contributed by atoms with Gasteiger partial charge in [0.15, 0.2) is 0 Å². The molecule has 1 aromatic heterocycles. The molecule has 0 N–H and O–H groups in total. The molecule has 2 aromatic carbocycles.